The fraction of sp³-hybridized carbons (Fsp3) is 0.364. The molecular weight excluding hydrogens is 214 g/mol. The molecule has 82 valence electrons. The van der Waals surface area contributed by atoms with Crippen molar-refractivity contribution in [2.24, 2.45) is 0 Å². The van der Waals surface area contributed by atoms with E-state index in [2.05, 4.69) is 5.32 Å². The van der Waals surface area contributed by atoms with E-state index in [0.29, 0.717) is 11.4 Å². The van der Waals surface area contributed by atoms with Gasteiger partial charge in [0.15, 0.2) is 0 Å². The molecule has 1 unspecified atom stereocenters. The molecule has 15 heavy (non-hydrogen) atoms. The lowest BCUT2D eigenvalue weighted by molar-refractivity contribution is -0.137. The van der Waals surface area contributed by atoms with Crippen LogP contribution in [-0.2, 0) is 4.79 Å². The van der Waals surface area contributed by atoms with Crippen LogP contribution in [0.2, 0.25) is 5.02 Å². The lowest BCUT2D eigenvalue weighted by atomic mass is 10.1. The minimum Gasteiger partial charge on any atom is -0.481 e. The Bertz CT molecular complexity index is 341. The Morgan fingerprint density at radius 1 is 1.53 bits per heavy atom. The standard InChI is InChI=1S/C11H14ClNO2/c1-8(6-7-11(14)15)13-10-5-3-2-4-9(10)12/h2-5,8,13H,6-7H2,1H3,(H,14,15). The first-order chi connectivity index (χ1) is 7.09. The van der Waals surface area contributed by atoms with Crippen LogP contribution in [0.3, 0.4) is 0 Å². The van der Waals surface area contributed by atoms with Gasteiger partial charge < -0.3 is 10.4 Å². The Labute approximate surface area is 94.1 Å². The number of carboxylic acids is 1. The Morgan fingerprint density at radius 2 is 2.20 bits per heavy atom. The number of hydrogen-bond donors (Lipinski definition) is 2. The zero-order valence-corrected chi connectivity index (χ0v) is 9.29. The molecule has 0 aliphatic heterocycles. The van der Waals surface area contributed by atoms with Crippen LogP contribution in [-0.4, -0.2) is 17.1 Å². The monoisotopic (exact) mass is 227 g/mol. The normalized spacial score (nSPS) is 12.1. The van der Waals surface area contributed by atoms with Crippen LogP contribution in [0.1, 0.15) is 19.8 Å². The third-order valence-corrected chi connectivity index (χ3v) is 2.40. The third-order valence-electron chi connectivity index (χ3n) is 2.07. The summed E-state index contributed by atoms with van der Waals surface area (Å²) < 4.78 is 0. The van der Waals surface area contributed by atoms with E-state index in [0.717, 1.165) is 5.69 Å². The lowest BCUT2D eigenvalue weighted by Crippen LogP contribution is -2.16. The van der Waals surface area contributed by atoms with Crippen molar-refractivity contribution in [2.45, 2.75) is 25.8 Å². The molecule has 0 aromatic heterocycles. The molecule has 0 aliphatic carbocycles. The van der Waals surface area contributed by atoms with Crippen molar-refractivity contribution in [1.29, 1.82) is 0 Å². The molecule has 0 amide bonds. The molecule has 0 fully saturated rings. The van der Waals surface area contributed by atoms with E-state index in [4.69, 9.17) is 16.7 Å². The topological polar surface area (TPSA) is 49.3 Å². The van der Waals surface area contributed by atoms with Crippen LogP contribution in [0.15, 0.2) is 24.3 Å². The summed E-state index contributed by atoms with van der Waals surface area (Å²) in [7, 11) is 0. The third kappa shape index (κ3) is 4.21. The van der Waals surface area contributed by atoms with E-state index >= 15 is 0 Å². The highest BCUT2D eigenvalue weighted by atomic mass is 35.5. The zero-order chi connectivity index (χ0) is 11.3. The second kappa shape index (κ2) is 5.61. The molecule has 0 spiro atoms. The lowest BCUT2D eigenvalue weighted by Gasteiger charge is -2.15. The first-order valence-electron chi connectivity index (χ1n) is 4.82. The van der Waals surface area contributed by atoms with Gasteiger partial charge in [-0.05, 0) is 25.5 Å². The van der Waals surface area contributed by atoms with Crippen molar-refractivity contribution >= 4 is 23.3 Å². The molecule has 4 heteroatoms. The highest BCUT2D eigenvalue weighted by molar-refractivity contribution is 6.33. The predicted octanol–water partition coefficient (Wildman–Crippen LogP) is 3.01. The van der Waals surface area contributed by atoms with E-state index in [-0.39, 0.29) is 12.5 Å². The van der Waals surface area contributed by atoms with Crippen LogP contribution in [0.25, 0.3) is 0 Å². The second-order valence-electron chi connectivity index (χ2n) is 3.46. The van der Waals surface area contributed by atoms with Crippen LogP contribution < -0.4 is 5.32 Å². The Balaban J connectivity index is 2.47. The van der Waals surface area contributed by atoms with Crippen molar-refractivity contribution in [3.63, 3.8) is 0 Å². The first-order valence-corrected chi connectivity index (χ1v) is 5.20. The van der Waals surface area contributed by atoms with Crippen LogP contribution >= 0.6 is 11.6 Å². The van der Waals surface area contributed by atoms with Gasteiger partial charge in [-0.1, -0.05) is 23.7 Å². The Kier molecular flexibility index (Phi) is 4.43. The molecule has 0 heterocycles. The number of halogens is 1. The predicted molar refractivity (Wildman–Crippen MR) is 61.4 cm³/mol. The van der Waals surface area contributed by atoms with Gasteiger partial charge in [0, 0.05) is 12.5 Å². The molecule has 0 bridgehead atoms. The van der Waals surface area contributed by atoms with Gasteiger partial charge in [-0.15, -0.1) is 0 Å². The van der Waals surface area contributed by atoms with E-state index in [1.54, 1.807) is 6.07 Å². The van der Waals surface area contributed by atoms with Gasteiger partial charge in [0.05, 0.1) is 10.7 Å². The van der Waals surface area contributed by atoms with Crippen molar-refractivity contribution in [3.05, 3.63) is 29.3 Å². The number of anilines is 1. The molecule has 1 atom stereocenters. The molecule has 1 aromatic rings. The number of aliphatic carboxylic acids is 1. The van der Waals surface area contributed by atoms with Gasteiger partial charge in [0.1, 0.15) is 0 Å². The van der Waals surface area contributed by atoms with Crippen molar-refractivity contribution < 1.29 is 9.90 Å². The highest BCUT2D eigenvalue weighted by Crippen LogP contribution is 2.21. The Hall–Kier alpha value is -1.22. The number of hydrogen-bond acceptors (Lipinski definition) is 2. The minimum atomic E-state index is -0.775. The molecule has 0 radical (unpaired) electrons. The van der Waals surface area contributed by atoms with E-state index in [9.17, 15) is 4.79 Å². The van der Waals surface area contributed by atoms with Gasteiger partial charge in [0.25, 0.3) is 0 Å². The van der Waals surface area contributed by atoms with E-state index in [1.807, 2.05) is 25.1 Å². The van der Waals surface area contributed by atoms with Crippen LogP contribution in [0.4, 0.5) is 5.69 Å². The average Bonchev–Trinajstić information content (AvgIpc) is 2.18. The minimum absolute atomic E-state index is 0.0981. The number of rotatable bonds is 5. The average molecular weight is 228 g/mol. The summed E-state index contributed by atoms with van der Waals surface area (Å²) in [6, 6.07) is 7.52. The molecule has 0 saturated carbocycles. The number of benzene rings is 1. The maximum absolute atomic E-state index is 10.4. The summed E-state index contributed by atoms with van der Waals surface area (Å²) in [5.41, 5.74) is 0.844. The second-order valence-corrected chi connectivity index (χ2v) is 3.86. The van der Waals surface area contributed by atoms with Crippen molar-refractivity contribution in [3.8, 4) is 0 Å². The summed E-state index contributed by atoms with van der Waals surface area (Å²) in [4.78, 5) is 10.4. The Morgan fingerprint density at radius 3 is 2.80 bits per heavy atom. The zero-order valence-electron chi connectivity index (χ0n) is 8.53. The van der Waals surface area contributed by atoms with Crippen molar-refractivity contribution in [2.75, 3.05) is 5.32 Å². The number of nitrogens with one attached hydrogen (secondary N) is 1. The fourth-order valence-corrected chi connectivity index (χ4v) is 1.45. The summed E-state index contributed by atoms with van der Waals surface area (Å²) in [6.45, 7) is 1.94. The number of carbonyl (C=O) groups is 1. The van der Waals surface area contributed by atoms with Crippen molar-refractivity contribution in [1.82, 2.24) is 0 Å². The van der Waals surface area contributed by atoms with Gasteiger partial charge in [-0.25, -0.2) is 0 Å². The SMILES string of the molecule is CC(CCC(=O)O)Nc1ccccc1Cl. The maximum atomic E-state index is 10.4. The molecule has 3 nitrogen and oxygen atoms in total. The molecular formula is C11H14ClNO2. The smallest absolute Gasteiger partial charge is 0.303 e. The quantitative estimate of drug-likeness (QED) is 0.813. The van der Waals surface area contributed by atoms with Gasteiger partial charge in [0.2, 0.25) is 0 Å². The molecule has 0 saturated heterocycles. The van der Waals surface area contributed by atoms with E-state index < -0.39 is 5.97 Å². The van der Waals surface area contributed by atoms with Gasteiger partial charge in [-0.2, -0.15) is 0 Å². The fourth-order valence-electron chi connectivity index (χ4n) is 1.26. The largest absolute Gasteiger partial charge is 0.481 e. The molecule has 1 aromatic carbocycles. The summed E-state index contributed by atoms with van der Waals surface area (Å²) in [5, 5.41) is 12.4. The maximum Gasteiger partial charge on any atom is 0.303 e. The number of para-hydroxylation sites is 1. The number of carboxylic acid groups (broad SMARTS) is 1. The summed E-state index contributed by atoms with van der Waals surface area (Å²) in [6.07, 6.45) is 0.749. The van der Waals surface area contributed by atoms with Crippen LogP contribution in [0.5, 0.6) is 0 Å². The van der Waals surface area contributed by atoms with Gasteiger partial charge >= 0.3 is 5.97 Å². The molecule has 2 N–H and O–H groups in total. The van der Waals surface area contributed by atoms with Gasteiger partial charge in [-0.3, -0.25) is 4.79 Å². The van der Waals surface area contributed by atoms with E-state index in [1.165, 1.54) is 0 Å². The highest BCUT2D eigenvalue weighted by Gasteiger charge is 2.06. The molecule has 0 aliphatic rings. The molecule has 1 rings (SSSR count). The summed E-state index contributed by atoms with van der Waals surface area (Å²) >= 11 is 5.95. The van der Waals surface area contributed by atoms with Crippen LogP contribution in [0, 0.1) is 0 Å². The summed E-state index contributed by atoms with van der Waals surface area (Å²) in [5.74, 6) is -0.775. The first kappa shape index (κ1) is 11.9.